The molecule has 2 aromatic heterocycles. The van der Waals surface area contributed by atoms with Crippen LogP contribution >= 0.6 is 0 Å². The van der Waals surface area contributed by atoms with E-state index in [1.807, 2.05) is 60.9 Å². The molecule has 0 radical (unpaired) electrons. The molecule has 0 aliphatic rings. The van der Waals surface area contributed by atoms with Crippen molar-refractivity contribution in [3.63, 3.8) is 0 Å². The highest BCUT2D eigenvalue weighted by Crippen LogP contribution is 2.23. The molecule has 0 saturated heterocycles. The molecule has 0 bridgehead atoms. The van der Waals surface area contributed by atoms with Gasteiger partial charge in [-0.3, -0.25) is 9.59 Å². The van der Waals surface area contributed by atoms with E-state index in [4.69, 9.17) is 0 Å². The largest absolute Gasteiger partial charge is 0.342 e. The summed E-state index contributed by atoms with van der Waals surface area (Å²) in [6.07, 6.45) is 5.66. The molecule has 5 rings (SSSR count). The molecule has 0 aliphatic carbocycles. The second kappa shape index (κ2) is 7.48. The molecule has 0 saturated carbocycles. The number of carbonyl (C=O) groups excluding carboxylic acids is 2. The molecule has 0 amide bonds. The standard InChI is InChI=1S/C26H20N2O2/c29-17-21-15-27(25-7-3-1-5-23(21)25)13-19-9-11-20(12-10-19)14-28-16-22(18-30)24-6-2-4-8-26(24)28/h1-12,15-18H,13-14H2. The minimum atomic E-state index is 0.705. The van der Waals surface area contributed by atoms with Gasteiger partial charge in [0.05, 0.1) is 0 Å². The number of nitrogens with zero attached hydrogens (tertiary/aromatic N) is 2. The predicted octanol–water partition coefficient (Wildman–Crippen LogP) is 5.32. The molecular weight excluding hydrogens is 372 g/mol. The molecule has 0 N–H and O–H groups in total. The number of aromatic nitrogens is 2. The second-order valence-corrected chi connectivity index (χ2v) is 7.51. The fourth-order valence-corrected chi connectivity index (χ4v) is 4.14. The highest BCUT2D eigenvalue weighted by atomic mass is 16.1. The molecule has 146 valence electrons. The van der Waals surface area contributed by atoms with Crippen molar-refractivity contribution in [3.05, 3.63) is 107 Å². The van der Waals surface area contributed by atoms with Gasteiger partial charge in [0.25, 0.3) is 0 Å². The monoisotopic (exact) mass is 392 g/mol. The number of benzene rings is 3. The van der Waals surface area contributed by atoms with Gasteiger partial charge in [-0.05, 0) is 23.3 Å². The van der Waals surface area contributed by atoms with Crippen molar-refractivity contribution < 1.29 is 9.59 Å². The van der Waals surface area contributed by atoms with Crippen LogP contribution < -0.4 is 0 Å². The van der Waals surface area contributed by atoms with E-state index in [0.717, 1.165) is 34.4 Å². The van der Waals surface area contributed by atoms with Crippen molar-refractivity contribution in [1.82, 2.24) is 9.13 Å². The predicted molar refractivity (Wildman–Crippen MR) is 119 cm³/mol. The zero-order chi connectivity index (χ0) is 20.5. The summed E-state index contributed by atoms with van der Waals surface area (Å²) in [6, 6.07) is 24.4. The molecule has 4 nitrogen and oxygen atoms in total. The second-order valence-electron chi connectivity index (χ2n) is 7.51. The average molecular weight is 392 g/mol. The fraction of sp³-hybridized carbons (Fsp3) is 0.0769. The van der Waals surface area contributed by atoms with E-state index in [9.17, 15) is 9.59 Å². The Balaban J connectivity index is 1.41. The van der Waals surface area contributed by atoms with Crippen LogP contribution in [-0.2, 0) is 13.1 Å². The maximum atomic E-state index is 11.4. The number of hydrogen-bond acceptors (Lipinski definition) is 2. The van der Waals surface area contributed by atoms with Crippen molar-refractivity contribution in [3.8, 4) is 0 Å². The molecule has 0 unspecified atom stereocenters. The normalized spacial score (nSPS) is 11.2. The lowest BCUT2D eigenvalue weighted by Gasteiger charge is -2.09. The van der Waals surface area contributed by atoms with Crippen LogP contribution in [0.2, 0.25) is 0 Å². The maximum Gasteiger partial charge on any atom is 0.152 e. The summed E-state index contributed by atoms with van der Waals surface area (Å²) in [7, 11) is 0. The van der Waals surface area contributed by atoms with Crippen LogP contribution in [-0.4, -0.2) is 21.7 Å². The molecule has 5 aromatic rings. The Morgan fingerprint density at radius 1 is 0.567 bits per heavy atom. The zero-order valence-corrected chi connectivity index (χ0v) is 16.4. The van der Waals surface area contributed by atoms with Gasteiger partial charge in [-0.1, -0.05) is 60.7 Å². The van der Waals surface area contributed by atoms with Crippen molar-refractivity contribution in [2.24, 2.45) is 0 Å². The minimum Gasteiger partial charge on any atom is -0.342 e. The highest BCUT2D eigenvalue weighted by molar-refractivity contribution is 5.98. The van der Waals surface area contributed by atoms with Gasteiger partial charge in [-0.15, -0.1) is 0 Å². The molecule has 4 heteroatoms. The third-order valence-corrected chi connectivity index (χ3v) is 5.62. The SMILES string of the molecule is O=Cc1cn(Cc2ccc(Cn3cc(C=O)c4ccccc43)cc2)c2ccccc12. The zero-order valence-electron chi connectivity index (χ0n) is 16.4. The van der Waals surface area contributed by atoms with Crippen LogP contribution in [0.1, 0.15) is 31.8 Å². The Labute approximate surface area is 174 Å². The number of aldehydes is 2. The van der Waals surface area contributed by atoms with E-state index in [1.165, 1.54) is 11.1 Å². The van der Waals surface area contributed by atoms with Crippen molar-refractivity contribution in [2.75, 3.05) is 0 Å². The van der Waals surface area contributed by atoms with Crippen LogP contribution in [0, 0.1) is 0 Å². The van der Waals surface area contributed by atoms with Gasteiger partial charge in [0.2, 0.25) is 0 Å². The first kappa shape index (κ1) is 18.1. The maximum absolute atomic E-state index is 11.4. The molecule has 0 atom stereocenters. The number of rotatable bonds is 6. The molecule has 30 heavy (non-hydrogen) atoms. The van der Waals surface area contributed by atoms with Gasteiger partial charge in [0.15, 0.2) is 12.6 Å². The molecular formula is C26H20N2O2. The van der Waals surface area contributed by atoms with E-state index in [2.05, 4.69) is 33.4 Å². The molecule has 0 fully saturated rings. The summed E-state index contributed by atoms with van der Waals surface area (Å²) in [5, 5.41) is 1.96. The van der Waals surface area contributed by atoms with E-state index in [0.29, 0.717) is 24.2 Å². The first-order chi connectivity index (χ1) is 14.8. The first-order valence-corrected chi connectivity index (χ1v) is 9.91. The third kappa shape index (κ3) is 3.12. The summed E-state index contributed by atoms with van der Waals surface area (Å²) in [4.78, 5) is 22.8. The third-order valence-electron chi connectivity index (χ3n) is 5.62. The van der Waals surface area contributed by atoms with E-state index in [1.54, 1.807) is 0 Å². The highest BCUT2D eigenvalue weighted by Gasteiger charge is 2.09. The summed E-state index contributed by atoms with van der Waals surface area (Å²) >= 11 is 0. The average Bonchev–Trinajstić information content (AvgIpc) is 3.33. The first-order valence-electron chi connectivity index (χ1n) is 9.91. The van der Waals surface area contributed by atoms with Crippen molar-refractivity contribution in [1.29, 1.82) is 0 Å². The number of carbonyl (C=O) groups is 2. The Morgan fingerprint density at radius 3 is 1.37 bits per heavy atom. The van der Waals surface area contributed by atoms with Crippen molar-refractivity contribution >= 4 is 34.4 Å². The van der Waals surface area contributed by atoms with E-state index < -0.39 is 0 Å². The minimum absolute atomic E-state index is 0.705. The van der Waals surface area contributed by atoms with Crippen molar-refractivity contribution in [2.45, 2.75) is 13.1 Å². The van der Waals surface area contributed by atoms with Gasteiger partial charge < -0.3 is 9.13 Å². The van der Waals surface area contributed by atoms with E-state index >= 15 is 0 Å². The van der Waals surface area contributed by atoms with Gasteiger partial charge in [0.1, 0.15) is 0 Å². The smallest absolute Gasteiger partial charge is 0.152 e. The van der Waals surface area contributed by atoms with Crippen LogP contribution in [0.5, 0.6) is 0 Å². The summed E-state index contributed by atoms with van der Waals surface area (Å²) in [5.74, 6) is 0. The lowest BCUT2D eigenvalue weighted by Crippen LogP contribution is -2.00. The lowest BCUT2D eigenvalue weighted by atomic mass is 10.1. The Hall–Kier alpha value is -3.92. The lowest BCUT2D eigenvalue weighted by molar-refractivity contribution is 0.111. The topological polar surface area (TPSA) is 44.0 Å². The summed E-state index contributed by atoms with van der Waals surface area (Å²) in [6.45, 7) is 1.41. The number of fused-ring (bicyclic) bond motifs is 2. The van der Waals surface area contributed by atoms with Crippen LogP contribution in [0.3, 0.4) is 0 Å². The Morgan fingerprint density at radius 2 is 0.967 bits per heavy atom. The summed E-state index contributed by atoms with van der Waals surface area (Å²) in [5.41, 5.74) is 5.89. The molecule has 0 aliphatic heterocycles. The number of para-hydroxylation sites is 2. The Kier molecular flexibility index (Phi) is 4.52. The molecule has 2 heterocycles. The Bertz CT molecular complexity index is 1270. The fourth-order valence-electron chi connectivity index (χ4n) is 4.14. The van der Waals surface area contributed by atoms with Crippen LogP contribution in [0.15, 0.2) is 85.2 Å². The summed E-state index contributed by atoms with van der Waals surface area (Å²) < 4.78 is 4.23. The van der Waals surface area contributed by atoms with Crippen LogP contribution in [0.4, 0.5) is 0 Å². The van der Waals surface area contributed by atoms with Gasteiger partial charge >= 0.3 is 0 Å². The number of hydrogen-bond donors (Lipinski definition) is 0. The van der Waals surface area contributed by atoms with E-state index in [-0.39, 0.29) is 0 Å². The molecule has 3 aromatic carbocycles. The van der Waals surface area contributed by atoms with Crippen LogP contribution in [0.25, 0.3) is 21.8 Å². The molecule has 0 spiro atoms. The van der Waals surface area contributed by atoms with Gasteiger partial charge in [-0.25, -0.2) is 0 Å². The van der Waals surface area contributed by atoms with Gasteiger partial charge in [0, 0.05) is 58.4 Å². The van der Waals surface area contributed by atoms with Gasteiger partial charge in [-0.2, -0.15) is 0 Å². The quantitative estimate of drug-likeness (QED) is 0.367.